The average Bonchev–Trinajstić information content (AvgIpc) is 2.14. The monoisotopic (exact) mass is 240 g/mol. The van der Waals surface area contributed by atoms with Crippen LogP contribution < -0.4 is 0 Å². The van der Waals surface area contributed by atoms with Crippen LogP contribution in [0.25, 0.3) is 0 Å². The van der Waals surface area contributed by atoms with Crippen LogP contribution in [0.15, 0.2) is 12.1 Å². The summed E-state index contributed by atoms with van der Waals surface area (Å²) < 4.78 is 0. The van der Waals surface area contributed by atoms with Crippen LogP contribution in [0.4, 0.5) is 0 Å². The van der Waals surface area contributed by atoms with Gasteiger partial charge < -0.3 is 0 Å². The molecular weight excluding hydrogens is 213 g/mol. The SMILES string of the molecule is Cc1cc(C)c(CN(C(C)C)C(C)C)c(C)c1.[Li]. The van der Waals surface area contributed by atoms with Crippen molar-refractivity contribution < 1.29 is 0 Å². The minimum Gasteiger partial charge on any atom is -0.294 e. The second kappa shape index (κ2) is 7.39. The molecule has 1 nitrogen and oxygen atoms in total. The van der Waals surface area contributed by atoms with E-state index in [-0.39, 0.29) is 18.9 Å². The van der Waals surface area contributed by atoms with E-state index in [4.69, 9.17) is 0 Å². The van der Waals surface area contributed by atoms with Crippen molar-refractivity contribution >= 4 is 18.9 Å². The summed E-state index contributed by atoms with van der Waals surface area (Å²) in [7, 11) is 0. The van der Waals surface area contributed by atoms with Crippen molar-refractivity contribution in [3.63, 3.8) is 0 Å². The first-order valence-corrected chi connectivity index (χ1v) is 6.65. The van der Waals surface area contributed by atoms with E-state index in [1.54, 1.807) is 0 Å². The van der Waals surface area contributed by atoms with Gasteiger partial charge in [-0.2, -0.15) is 0 Å². The smallest absolute Gasteiger partial charge is 0.0244 e. The Morgan fingerprint density at radius 2 is 1.28 bits per heavy atom. The molecule has 0 aliphatic rings. The Kier molecular flexibility index (Phi) is 7.30. The number of hydrogen-bond acceptors (Lipinski definition) is 1. The first-order valence-electron chi connectivity index (χ1n) is 6.65. The van der Waals surface area contributed by atoms with Crippen molar-refractivity contribution in [3.05, 3.63) is 34.4 Å². The van der Waals surface area contributed by atoms with Gasteiger partial charge in [0.2, 0.25) is 0 Å². The number of benzene rings is 1. The third-order valence-electron chi connectivity index (χ3n) is 3.51. The van der Waals surface area contributed by atoms with Crippen molar-refractivity contribution in [2.45, 2.75) is 67.1 Å². The van der Waals surface area contributed by atoms with Gasteiger partial charge in [0.1, 0.15) is 0 Å². The second-order valence-electron chi connectivity index (χ2n) is 5.74. The predicted molar refractivity (Wildman–Crippen MR) is 82.2 cm³/mol. The Morgan fingerprint density at radius 1 is 0.889 bits per heavy atom. The van der Waals surface area contributed by atoms with Crippen LogP contribution in [0.3, 0.4) is 0 Å². The molecule has 1 aromatic carbocycles. The quantitative estimate of drug-likeness (QED) is 0.723. The predicted octanol–water partition coefficient (Wildman–Crippen LogP) is 3.85. The van der Waals surface area contributed by atoms with Crippen LogP contribution in [-0.4, -0.2) is 35.8 Å². The molecule has 0 aliphatic carbocycles. The van der Waals surface area contributed by atoms with E-state index in [2.05, 4.69) is 65.5 Å². The fraction of sp³-hybridized carbons (Fsp3) is 0.625. The maximum Gasteiger partial charge on any atom is 0.0244 e. The first-order chi connectivity index (χ1) is 7.82. The Hall–Kier alpha value is -0.223. The second-order valence-corrected chi connectivity index (χ2v) is 5.74. The van der Waals surface area contributed by atoms with Crippen LogP contribution in [0.1, 0.15) is 49.9 Å². The van der Waals surface area contributed by atoms with Gasteiger partial charge in [-0.15, -0.1) is 0 Å². The van der Waals surface area contributed by atoms with Gasteiger partial charge in [0.25, 0.3) is 0 Å². The Morgan fingerprint density at radius 3 is 1.61 bits per heavy atom. The topological polar surface area (TPSA) is 3.24 Å². The van der Waals surface area contributed by atoms with Gasteiger partial charge >= 0.3 is 0 Å². The van der Waals surface area contributed by atoms with Gasteiger partial charge in [0.05, 0.1) is 0 Å². The fourth-order valence-corrected chi connectivity index (χ4v) is 2.60. The van der Waals surface area contributed by atoms with Gasteiger partial charge in [-0.3, -0.25) is 4.90 Å². The van der Waals surface area contributed by atoms with Gasteiger partial charge in [-0.1, -0.05) is 17.7 Å². The zero-order valence-corrected chi connectivity index (χ0v) is 13.5. The molecule has 0 saturated heterocycles. The van der Waals surface area contributed by atoms with E-state index >= 15 is 0 Å². The van der Waals surface area contributed by atoms with Crippen molar-refractivity contribution in [2.24, 2.45) is 0 Å². The van der Waals surface area contributed by atoms with Crippen molar-refractivity contribution in [3.8, 4) is 0 Å². The third-order valence-corrected chi connectivity index (χ3v) is 3.51. The van der Waals surface area contributed by atoms with Crippen molar-refractivity contribution in [1.29, 1.82) is 0 Å². The summed E-state index contributed by atoms with van der Waals surface area (Å²) in [6.07, 6.45) is 0. The molecule has 0 unspecified atom stereocenters. The molecule has 2 heteroatoms. The molecule has 0 fully saturated rings. The maximum atomic E-state index is 2.55. The van der Waals surface area contributed by atoms with Gasteiger partial charge in [0, 0.05) is 37.5 Å². The van der Waals surface area contributed by atoms with E-state index in [1.807, 2.05) is 0 Å². The molecule has 97 valence electrons. The number of hydrogen-bond donors (Lipinski definition) is 0. The van der Waals surface area contributed by atoms with Gasteiger partial charge in [-0.25, -0.2) is 0 Å². The summed E-state index contributed by atoms with van der Waals surface area (Å²) in [6.45, 7) is 16.8. The number of nitrogens with zero attached hydrogens (tertiary/aromatic N) is 1. The van der Waals surface area contributed by atoms with Crippen LogP contribution in [0.5, 0.6) is 0 Å². The molecule has 1 aromatic rings. The Bertz CT molecular complexity index is 352. The molecule has 0 atom stereocenters. The van der Waals surface area contributed by atoms with Crippen LogP contribution in [-0.2, 0) is 6.54 Å². The zero-order valence-electron chi connectivity index (χ0n) is 13.5. The fourth-order valence-electron chi connectivity index (χ4n) is 2.60. The van der Waals surface area contributed by atoms with Crippen molar-refractivity contribution in [1.82, 2.24) is 4.90 Å². The minimum atomic E-state index is 0. The molecule has 0 saturated carbocycles. The molecule has 0 aromatic heterocycles. The van der Waals surface area contributed by atoms with Gasteiger partial charge in [0.15, 0.2) is 0 Å². The number of aryl methyl sites for hydroxylation is 3. The van der Waals surface area contributed by atoms with Crippen LogP contribution in [0, 0.1) is 20.8 Å². The first kappa shape index (κ1) is 17.8. The molecule has 18 heavy (non-hydrogen) atoms. The summed E-state index contributed by atoms with van der Waals surface area (Å²) in [4.78, 5) is 2.55. The molecule has 0 N–H and O–H groups in total. The minimum absolute atomic E-state index is 0. The summed E-state index contributed by atoms with van der Waals surface area (Å²) in [6, 6.07) is 5.77. The van der Waals surface area contributed by atoms with E-state index in [9.17, 15) is 0 Å². The van der Waals surface area contributed by atoms with E-state index in [0.29, 0.717) is 12.1 Å². The summed E-state index contributed by atoms with van der Waals surface area (Å²) in [5, 5.41) is 0. The summed E-state index contributed by atoms with van der Waals surface area (Å²) in [5.41, 5.74) is 5.71. The third kappa shape index (κ3) is 4.47. The van der Waals surface area contributed by atoms with Crippen LogP contribution in [0.2, 0.25) is 0 Å². The molecule has 0 heterocycles. The largest absolute Gasteiger partial charge is 0.294 e. The molecule has 0 bridgehead atoms. The molecule has 0 amide bonds. The molecule has 0 aliphatic heterocycles. The zero-order chi connectivity index (χ0) is 13.2. The van der Waals surface area contributed by atoms with Gasteiger partial charge in [-0.05, 0) is 65.2 Å². The Balaban J connectivity index is 0.00000289. The Labute approximate surface area is 125 Å². The maximum absolute atomic E-state index is 2.55. The molecule has 1 radical (unpaired) electrons. The molecule has 0 spiro atoms. The standard InChI is InChI=1S/C16H27N.Li/c1-11(2)17(12(3)4)10-16-14(6)8-13(5)9-15(16)7;/h8-9,11-12H,10H2,1-7H3;. The van der Waals surface area contributed by atoms with E-state index in [0.717, 1.165) is 6.54 Å². The number of rotatable bonds is 4. The van der Waals surface area contributed by atoms with Crippen LogP contribution >= 0.6 is 0 Å². The van der Waals surface area contributed by atoms with Crippen molar-refractivity contribution in [2.75, 3.05) is 0 Å². The van der Waals surface area contributed by atoms with E-state index in [1.165, 1.54) is 22.3 Å². The normalized spacial score (nSPS) is 11.2. The average molecular weight is 240 g/mol. The molecular formula is C16H27LiN. The summed E-state index contributed by atoms with van der Waals surface area (Å²) >= 11 is 0. The molecule has 1 rings (SSSR count). The summed E-state index contributed by atoms with van der Waals surface area (Å²) in [5.74, 6) is 0. The van der Waals surface area contributed by atoms with E-state index < -0.39 is 0 Å².